The third kappa shape index (κ3) is 2.56. The van der Waals surface area contributed by atoms with Gasteiger partial charge in [0.05, 0.1) is 22.0 Å². The summed E-state index contributed by atoms with van der Waals surface area (Å²) >= 11 is 7.24. The average Bonchev–Trinajstić information content (AvgIpc) is 2.64. The molecule has 2 aromatic carbocycles. The number of H-pyrrole nitrogens is 1. The molecule has 0 aliphatic carbocycles. The van der Waals surface area contributed by atoms with Crippen LogP contribution >= 0.6 is 24.0 Å². The molecule has 0 aliphatic heterocycles. The molecule has 0 saturated heterocycles. The minimum absolute atomic E-state index is 0.827. The van der Waals surface area contributed by atoms with Crippen molar-refractivity contribution in [1.82, 2.24) is 9.97 Å². The summed E-state index contributed by atoms with van der Waals surface area (Å²) in [6.07, 6.45) is 3.79. The molecule has 0 bridgehead atoms. The van der Waals surface area contributed by atoms with E-state index >= 15 is 0 Å². The Morgan fingerprint density at radius 1 is 1.00 bits per heavy atom. The number of para-hydroxylation sites is 2. The van der Waals surface area contributed by atoms with Crippen molar-refractivity contribution in [2.24, 2.45) is 0 Å². The number of nitrogens with zero attached hydrogens (tertiary/aromatic N) is 1. The molecule has 0 unspecified atom stereocenters. The van der Waals surface area contributed by atoms with E-state index in [1.807, 2.05) is 60.9 Å². The lowest BCUT2D eigenvalue weighted by Crippen LogP contribution is -1.91. The Hall–Kier alpha value is -2.37. The summed E-state index contributed by atoms with van der Waals surface area (Å²) in [6.45, 7) is 0. The van der Waals surface area contributed by atoms with Crippen LogP contribution in [0.4, 0.5) is 0 Å². The number of hydrogen-bond donors (Lipinski definition) is 1. The van der Waals surface area contributed by atoms with E-state index < -0.39 is 0 Å². The van der Waals surface area contributed by atoms with E-state index in [1.165, 1.54) is 0 Å². The number of ether oxygens (including phenoxy) is 1. The van der Waals surface area contributed by atoms with Crippen LogP contribution in [0.5, 0.6) is 5.75 Å². The lowest BCUT2D eigenvalue weighted by Gasteiger charge is -2.11. The first-order chi connectivity index (χ1) is 11.8. The maximum atomic E-state index is 5.67. The second-order valence-corrected chi connectivity index (χ2v) is 6.79. The van der Waals surface area contributed by atoms with Crippen molar-refractivity contribution in [3.63, 3.8) is 0 Å². The highest BCUT2D eigenvalue weighted by molar-refractivity contribution is 7.99. The molecule has 4 aromatic rings. The fourth-order valence-corrected chi connectivity index (χ4v) is 4.03. The van der Waals surface area contributed by atoms with Gasteiger partial charge in [-0.1, -0.05) is 54.3 Å². The molecule has 1 N–H and O–H groups in total. The number of benzene rings is 2. The summed E-state index contributed by atoms with van der Waals surface area (Å²) in [7, 11) is 1.69. The molecule has 2 heterocycles. The van der Waals surface area contributed by atoms with E-state index in [4.69, 9.17) is 17.0 Å². The number of hydrogen-bond acceptors (Lipinski definition) is 4. The summed E-state index contributed by atoms with van der Waals surface area (Å²) in [5, 5.41) is 2.05. The first-order valence-corrected chi connectivity index (χ1v) is 8.70. The minimum atomic E-state index is 0.827. The minimum Gasteiger partial charge on any atom is -0.495 e. The summed E-state index contributed by atoms with van der Waals surface area (Å²) in [5.74, 6) is 0.827. The predicted molar refractivity (Wildman–Crippen MR) is 102 cm³/mol. The Bertz CT molecular complexity index is 1110. The van der Waals surface area contributed by atoms with E-state index in [2.05, 4.69) is 9.97 Å². The maximum Gasteiger partial charge on any atom is 0.143 e. The van der Waals surface area contributed by atoms with Gasteiger partial charge >= 0.3 is 0 Å². The van der Waals surface area contributed by atoms with E-state index in [9.17, 15) is 0 Å². The Kier molecular flexibility index (Phi) is 3.96. The van der Waals surface area contributed by atoms with Crippen molar-refractivity contribution in [3.8, 4) is 5.75 Å². The molecule has 3 nitrogen and oxygen atoms in total. The third-order valence-corrected chi connectivity index (χ3v) is 5.49. The molecule has 24 heavy (non-hydrogen) atoms. The molecular weight excluding hydrogens is 336 g/mol. The van der Waals surface area contributed by atoms with Gasteiger partial charge in [0, 0.05) is 33.6 Å². The van der Waals surface area contributed by atoms with Crippen LogP contribution in [-0.2, 0) is 0 Å². The topological polar surface area (TPSA) is 37.9 Å². The van der Waals surface area contributed by atoms with Gasteiger partial charge in [0.2, 0.25) is 0 Å². The highest BCUT2D eigenvalue weighted by atomic mass is 32.2. The molecule has 0 spiro atoms. The lowest BCUT2D eigenvalue weighted by molar-refractivity contribution is 0.409. The number of rotatable bonds is 3. The van der Waals surface area contributed by atoms with Crippen LogP contribution in [0.1, 0.15) is 0 Å². The van der Waals surface area contributed by atoms with Crippen LogP contribution in [0, 0.1) is 4.51 Å². The van der Waals surface area contributed by atoms with Crippen molar-refractivity contribution in [2.75, 3.05) is 7.11 Å². The van der Waals surface area contributed by atoms with Crippen molar-refractivity contribution in [2.45, 2.75) is 9.79 Å². The standard InChI is InChI=1S/C19H14N2OS2/c1-22-18-12-6-2-4-8-14(12)20-10-16(18)24-17-11-21-15-9-5-3-7-13(15)19(17)23/h2-11H,1H3,(H,21,23). The third-order valence-electron chi connectivity index (χ3n) is 3.87. The van der Waals surface area contributed by atoms with E-state index in [0.29, 0.717) is 0 Å². The van der Waals surface area contributed by atoms with Gasteiger partial charge in [0.15, 0.2) is 0 Å². The van der Waals surface area contributed by atoms with E-state index in [1.54, 1.807) is 18.9 Å². The van der Waals surface area contributed by atoms with Gasteiger partial charge in [-0.3, -0.25) is 4.98 Å². The van der Waals surface area contributed by atoms with Gasteiger partial charge in [-0.25, -0.2) is 0 Å². The molecule has 0 aliphatic rings. The number of methoxy groups -OCH3 is 1. The predicted octanol–water partition coefficient (Wildman–Crippen LogP) is 5.61. The zero-order valence-electron chi connectivity index (χ0n) is 12.9. The number of aromatic nitrogens is 2. The summed E-state index contributed by atoms with van der Waals surface area (Å²) < 4.78 is 6.49. The van der Waals surface area contributed by atoms with Gasteiger partial charge < -0.3 is 9.72 Å². The normalized spacial score (nSPS) is 11.0. The SMILES string of the molecule is COc1c(Sc2c[nH]c3ccccc3c2=S)cnc2ccccc12. The molecule has 4 rings (SSSR count). The quantitative estimate of drug-likeness (QED) is 0.488. The maximum absolute atomic E-state index is 5.67. The Morgan fingerprint density at radius 3 is 2.58 bits per heavy atom. The summed E-state index contributed by atoms with van der Waals surface area (Å²) in [5.41, 5.74) is 1.96. The van der Waals surface area contributed by atoms with Crippen LogP contribution < -0.4 is 4.74 Å². The zero-order valence-corrected chi connectivity index (χ0v) is 14.6. The van der Waals surface area contributed by atoms with Crippen molar-refractivity contribution in [3.05, 3.63) is 65.4 Å². The van der Waals surface area contributed by atoms with Crippen molar-refractivity contribution >= 4 is 45.8 Å². The molecule has 0 saturated carbocycles. The van der Waals surface area contributed by atoms with E-state index in [0.717, 1.165) is 41.9 Å². The highest BCUT2D eigenvalue weighted by Crippen LogP contribution is 2.39. The monoisotopic (exact) mass is 350 g/mol. The smallest absolute Gasteiger partial charge is 0.143 e. The molecule has 0 amide bonds. The van der Waals surface area contributed by atoms with Crippen LogP contribution in [0.3, 0.4) is 0 Å². The first kappa shape index (κ1) is 15.2. The van der Waals surface area contributed by atoms with Gasteiger partial charge in [0.25, 0.3) is 0 Å². The molecule has 5 heteroatoms. The summed E-state index contributed by atoms with van der Waals surface area (Å²) in [4.78, 5) is 9.77. The highest BCUT2D eigenvalue weighted by Gasteiger charge is 2.12. The second-order valence-electron chi connectivity index (χ2n) is 5.30. The van der Waals surface area contributed by atoms with Crippen molar-refractivity contribution < 1.29 is 4.74 Å². The Morgan fingerprint density at radius 2 is 1.75 bits per heavy atom. The fourth-order valence-electron chi connectivity index (χ4n) is 2.72. The van der Waals surface area contributed by atoms with Crippen LogP contribution in [0.2, 0.25) is 0 Å². The van der Waals surface area contributed by atoms with E-state index in [-0.39, 0.29) is 0 Å². The van der Waals surface area contributed by atoms with Crippen LogP contribution in [0.25, 0.3) is 21.8 Å². The van der Waals surface area contributed by atoms with Crippen LogP contribution in [0.15, 0.2) is 70.7 Å². The average molecular weight is 350 g/mol. The molecule has 118 valence electrons. The summed E-state index contributed by atoms with van der Waals surface area (Å²) in [6, 6.07) is 16.0. The molecule has 0 fully saturated rings. The van der Waals surface area contributed by atoms with Gasteiger partial charge in [0.1, 0.15) is 5.75 Å². The molecular formula is C19H14N2OS2. The zero-order chi connectivity index (χ0) is 16.5. The number of pyridine rings is 2. The molecule has 2 aromatic heterocycles. The number of nitrogens with one attached hydrogen (secondary N) is 1. The first-order valence-electron chi connectivity index (χ1n) is 7.48. The number of aromatic amines is 1. The molecule has 0 radical (unpaired) electrons. The fraction of sp³-hybridized carbons (Fsp3) is 0.0526. The van der Waals surface area contributed by atoms with Gasteiger partial charge in [-0.15, -0.1) is 0 Å². The molecule has 0 atom stereocenters. The largest absolute Gasteiger partial charge is 0.495 e. The lowest BCUT2D eigenvalue weighted by atomic mass is 10.2. The van der Waals surface area contributed by atoms with Crippen molar-refractivity contribution in [1.29, 1.82) is 0 Å². The van der Waals surface area contributed by atoms with Gasteiger partial charge in [-0.2, -0.15) is 0 Å². The Labute approximate surface area is 148 Å². The Balaban J connectivity index is 1.85. The second kappa shape index (κ2) is 6.26. The number of fused-ring (bicyclic) bond motifs is 2. The van der Waals surface area contributed by atoms with Gasteiger partial charge in [-0.05, 0) is 18.2 Å². The van der Waals surface area contributed by atoms with Crippen LogP contribution in [-0.4, -0.2) is 17.1 Å².